The Bertz CT molecular complexity index is 579. The van der Waals surface area contributed by atoms with Crippen molar-refractivity contribution in [2.45, 2.75) is 6.61 Å². The van der Waals surface area contributed by atoms with E-state index in [1.165, 1.54) is 6.07 Å². The van der Waals surface area contributed by atoms with Gasteiger partial charge in [-0.1, -0.05) is 12.1 Å². The van der Waals surface area contributed by atoms with Crippen LogP contribution in [0.3, 0.4) is 0 Å². The highest BCUT2D eigenvalue weighted by Gasteiger charge is 2.11. The quantitative estimate of drug-likeness (QED) is 0.816. The average molecular weight is 341 g/mol. The van der Waals surface area contributed by atoms with E-state index in [0.29, 0.717) is 21.7 Å². The topological polar surface area (TPSA) is 27.7 Å². The molecule has 106 valence electrons. The van der Waals surface area contributed by atoms with Crippen molar-refractivity contribution < 1.29 is 18.6 Å². The molecular weight excluding hydrogens is 327 g/mol. The Hall–Kier alpha value is -1.75. The molecule has 0 N–H and O–H groups in total. The summed E-state index contributed by atoms with van der Waals surface area (Å²) < 4.78 is 29.8. The van der Waals surface area contributed by atoms with Gasteiger partial charge >= 0.3 is 0 Å². The summed E-state index contributed by atoms with van der Waals surface area (Å²) in [6.07, 6.45) is 0. The molecule has 0 saturated heterocycles. The lowest BCUT2D eigenvalue weighted by Crippen LogP contribution is -2.00. The van der Waals surface area contributed by atoms with Crippen LogP contribution in [0, 0.1) is 5.82 Å². The fourth-order valence-electron chi connectivity index (χ4n) is 1.74. The lowest BCUT2D eigenvalue weighted by Gasteiger charge is -2.14. The zero-order valence-corrected chi connectivity index (χ0v) is 12.7. The van der Waals surface area contributed by atoms with Gasteiger partial charge in [-0.15, -0.1) is 0 Å². The van der Waals surface area contributed by atoms with E-state index in [9.17, 15) is 4.39 Å². The Morgan fingerprint density at radius 2 is 1.70 bits per heavy atom. The molecule has 0 aliphatic rings. The molecule has 2 aromatic rings. The summed E-state index contributed by atoms with van der Waals surface area (Å²) >= 11 is 3.15. The monoisotopic (exact) mass is 340 g/mol. The van der Waals surface area contributed by atoms with Gasteiger partial charge in [0.25, 0.3) is 0 Å². The molecule has 2 rings (SSSR count). The molecule has 0 fully saturated rings. The smallest absolute Gasteiger partial charge is 0.203 e. The summed E-state index contributed by atoms with van der Waals surface area (Å²) in [6.45, 7) is 0.287. The molecule has 20 heavy (non-hydrogen) atoms. The second-order valence-electron chi connectivity index (χ2n) is 4.03. The maximum atomic E-state index is 13.2. The van der Waals surface area contributed by atoms with E-state index in [-0.39, 0.29) is 12.4 Å². The summed E-state index contributed by atoms with van der Waals surface area (Å²) in [5.74, 6) is 1.40. The molecule has 0 atom stereocenters. The van der Waals surface area contributed by atoms with Crippen LogP contribution in [0.2, 0.25) is 0 Å². The first kappa shape index (κ1) is 14.7. The highest BCUT2D eigenvalue weighted by Crippen LogP contribution is 2.37. The van der Waals surface area contributed by atoms with Gasteiger partial charge in [0.1, 0.15) is 12.4 Å². The minimum atomic E-state index is -0.302. The van der Waals surface area contributed by atoms with Crippen molar-refractivity contribution in [3.63, 3.8) is 0 Å². The summed E-state index contributed by atoms with van der Waals surface area (Å²) in [4.78, 5) is 0. The van der Waals surface area contributed by atoms with Gasteiger partial charge in [-0.25, -0.2) is 4.39 Å². The number of methoxy groups -OCH3 is 2. The zero-order chi connectivity index (χ0) is 14.5. The Labute approximate surface area is 125 Å². The molecule has 0 radical (unpaired) electrons. The van der Waals surface area contributed by atoms with E-state index in [1.54, 1.807) is 38.5 Å². The number of hydrogen-bond donors (Lipinski definition) is 0. The average Bonchev–Trinajstić information content (AvgIpc) is 2.48. The Kier molecular flexibility index (Phi) is 4.84. The van der Waals surface area contributed by atoms with E-state index in [4.69, 9.17) is 14.2 Å². The van der Waals surface area contributed by atoms with Crippen LogP contribution in [-0.4, -0.2) is 14.2 Å². The molecule has 0 saturated carbocycles. The summed E-state index contributed by atoms with van der Waals surface area (Å²) in [5.41, 5.74) is 0.839. The molecule has 5 heteroatoms. The van der Waals surface area contributed by atoms with Crippen molar-refractivity contribution in [3.05, 3.63) is 52.3 Å². The standard InChI is InChI=1S/C15H14BrFO3/c1-18-13-4-3-5-14(19-2)15(13)20-9-10-6-7-12(17)11(16)8-10/h3-8H,9H2,1-2H3. The predicted octanol–water partition coefficient (Wildman–Crippen LogP) is 4.18. The molecule has 0 bridgehead atoms. The largest absolute Gasteiger partial charge is 0.493 e. The normalized spacial score (nSPS) is 10.2. The molecule has 0 aliphatic heterocycles. The van der Waals surface area contributed by atoms with Gasteiger partial charge in [0.15, 0.2) is 11.5 Å². The summed E-state index contributed by atoms with van der Waals surface area (Å²) in [5, 5.41) is 0. The summed E-state index contributed by atoms with van der Waals surface area (Å²) in [6, 6.07) is 10.1. The second-order valence-corrected chi connectivity index (χ2v) is 4.88. The SMILES string of the molecule is COc1cccc(OC)c1OCc1ccc(F)c(Br)c1. The maximum Gasteiger partial charge on any atom is 0.203 e. The van der Waals surface area contributed by atoms with Crippen molar-refractivity contribution in [1.29, 1.82) is 0 Å². The van der Waals surface area contributed by atoms with Gasteiger partial charge in [-0.2, -0.15) is 0 Å². The first-order valence-corrected chi connectivity index (χ1v) is 6.72. The van der Waals surface area contributed by atoms with Crippen molar-refractivity contribution in [1.82, 2.24) is 0 Å². The van der Waals surface area contributed by atoms with Gasteiger partial charge in [-0.05, 0) is 45.8 Å². The molecule has 0 aromatic heterocycles. The molecule has 0 heterocycles. The number of benzene rings is 2. The van der Waals surface area contributed by atoms with Crippen LogP contribution < -0.4 is 14.2 Å². The van der Waals surface area contributed by atoms with Gasteiger partial charge in [0, 0.05) is 0 Å². The number of ether oxygens (including phenoxy) is 3. The fourth-order valence-corrected chi connectivity index (χ4v) is 2.17. The Balaban J connectivity index is 2.19. The van der Waals surface area contributed by atoms with Crippen LogP contribution >= 0.6 is 15.9 Å². The van der Waals surface area contributed by atoms with E-state index < -0.39 is 0 Å². The van der Waals surface area contributed by atoms with Gasteiger partial charge in [0.05, 0.1) is 18.7 Å². The van der Waals surface area contributed by atoms with Gasteiger partial charge in [0.2, 0.25) is 5.75 Å². The third-order valence-corrected chi connectivity index (χ3v) is 3.36. The molecule has 2 aromatic carbocycles. The highest BCUT2D eigenvalue weighted by atomic mass is 79.9. The lowest BCUT2D eigenvalue weighted by molar-refractivity contribution is 0.266. The number of hydrogen-bond acceptors (Lipinski definition) is 3. The number of para-hydroxylation sites is 1. The number of rotatable bonds is 5. The van der Waals surface area contributed by atoms with Crippen LogP contribution in [0.1, 0.15) is 5.56 Å². The van der Waals surface area contributed by atoms with Crippen molar-refractivity contribution in [2.24, 2.45) is 0 Å². The van der Waals surface area contributed by atoms with Gasteiger partial charge in [-0.3, -0.25) is 0 Å². The Morgan fingerprint density at radius 1 is 1.05 bits per heavy atom. The fraction of sp³-hybridized carbons (Fsp3) is 0.200. The molecule has 0 aliphatic carbocycles. The van der Waals surface area contributed by atoms with E-state index in [2.05, 4.69) is 15.9 Å². The van der Waals surface area contributed by atoms with E-state index in [1.807, 2.05) is 6.07 Å². The minimum absolute atomic E-state index is 0.287. The van der Waals surface area contributed by atoms with Crippen LogP contribution in [0.5, 0.6) is 17.2 Å². The highest BCUT2D eigenvalue weighted by molar-refractivity contribution is 9.10. The van der Waals surface area contributed by atoms with E-state index >= 15 is 0 Å². The molecular formula is C15H14BrFO3. The third kappa shape index (κ3) is 3.22. The van der Waals surface area contributed by atoms with Crippen molar-refractivity contribution >= 4 is 15.9 Å². The second kappa shape index (κ2) is 6.61. The molecule has 0 spiro atoms. The lowest BCUT2D eigenvalue weighted by atomic mass is 10.2. The molecule has 0 unspecified atom stereocenters. The van der Waals surface area contributed by atoms with Crippen molar-refractivity contribution in [3.8, 4) is 17.2 Å². The number of halogens is 2. The van der Waals surface area contributed by atoms with Crippen LogP contribution in [-0.2, 0) is 6.61 Å². The van der Waals surface area contributed by atoms with Gasteiger partial charge < -0.3 is 14.2 Å². The predicted molar refractivity (Wildman–Crippen MR) is 78.0 cm³/mol. The van der Waals surface area contributed by atoms with Crippen LogP contribution in [0.4, 0.5) is 4.39 Å². The van der Waals surface area contributed by atoms with Crippen LogP contribution in [0.15, 0.2) is 40.9 Å². The Morgan fingerprint density at radius 3 is 2.25 bits per heavy atom. The maximum absolute atomic E-state index is 13.2. The first-order valence-electron chi connectivity index (χ1n) is 5.93. The van der Waals surface area contributed by atoms with Crippen molar-refractivity contribution in [2.75, 3.05) is 14.2 Å². The third-order valence-electron chi connectivity index (χ3n) is 2.75. The minimum Gasteiger partial charge on any atom is -0.493 e. The zero-order valence-electron chi connectivity index (χ0n) is 11.2. The molecule has 3 nitrogen and oxygen atoms in total. The van der Waals surface area contributed by atoms with E-state index in [0.717, 1.165) is 5.56 Å². The van der Waals surface area contributed by atoms with Crippen LogP contribution in [0.25, 0.3) is 0 Å². The molecule has 0 amide bonds. The summed E-state index contributed by atoms with van der Waals surface area (Å²) in [7, 11) is 3.13. The first-order chi connectivity index (χ1) is 9.65.